The Morgan fingerprint density at radius 2 is 1.94 bits per heavy atom. The van der Waals surface area contributed by atoms with E-state index in [0.717, 1.165) is 12.0 Å². The van der Waals surface area contributed by atoms with Gasteiger partial charge in [-0.05, 0) is 18.4 Å². The van der Waals surface area contributed by atoms with Crippen molar-refractivity contribution in [2.24, 2.45) is 11.7 Å². The number of carboxylic acid groups (broad SMARTS) is 1. The van der Waals surface area contributed by atoms with E-state index in [1.165, 1.54) is 0 Å². The summed E-state index contributed by atoms with van der Waals surface area (Å²) in [5, 5.41) is 8.74. The van der Waals surface area contributed by atoms with Gasteiger partial charge in [0.05, 0.1) is 5.92 Å². The highest BCUT2D eigenvalue weighted by molar-refractivity contribution is 5.85. The smallest absolute Gasteiger partial charge is 0.306 e. The lowest BCUT2D eigenvalue weighted by Crippen LogP contribution is -2.28. The lowest BCUT2D eigenvalue weighted by atomic mass is 9.97. The second-order valence-corrected chi connectivity index (χ2v) is 3.92. The largest absolute Gasteiger partial charge is 0.481 e. The number of rotatable bonds is 5. The molecule has 0 saturated carbocycles. The van der Waals surface area contributed by atoms with E-state index in [0.29, 0.717) is 6.42 Å². The molecule has 0 aliphatic rings. The maximum absolute atomic E-state index is 10.6. The van der Waals surface area contributed by atoms with Crippen molar-refractivity contribution in [1.82, 2.24) is 0 Å². The Bertz CT molecular complexity index is 316. The van der Waals surface area contributed by atoms with Gasteiger partial charge in [-0.15, -0.1) is 12.4 Å². The van der Waals surface area contributed by atoms with Crippen LogP contribution < -0.4 is 5.73 Å². The van der Waals surface area contributed by atoms with Crippen LogP contribution in [0.5, 0.6) is 0 Å². The molecule has 0 heterocycles. The molecule has 0 aliphatic heterocycles. The van der Waals surface area contributed by atoms with Crippen molar-refractivity contribution in [2.45, 2.75) is 25.8 Å². The first-order valence-corrected chi connectivity index (χ1v) is 5.12. The molecule has 16 heavy (non-hydrogen) atoms. The Morgan fingerprint density at radius 1 is 1.38 bits per heavy atom. The Morgan fingerprint density at radius 3 is 2.44 bits per heavy atom. The van der Waals surface area contributed by atoms with E-state index >= 15 is 0 Å². The Kier molecular flexibility index (Phi) is 6.77. The summed E-state index contributed by atoms with van der Waals surface area (Å²) in [7, 11) is 0. The quantitative estimate of drug-likeness (QED) is 0.833. The number of aliphatic carboxylic acids is 1. The van der Waals surface area contributed by atoms with Crippen LogP contribution in [0.4, 0.5) is 0 Å². The molecule has 1 aromatic carbocycles. The lowest BCUT2D eigenvalue weighted by molar-refractivity contribution is -0.141. The van der Waals surface area contributed by atoms with Gasteiger partial charge in [0.1, 0.15) is 0 Å². The van der Waals surface area contributed by atoms with Gasteiger partial charge in [0.25, 0.3) is 0 Å². The number of hydrogen-bond donors (Lipinski definition) is 2. The fraction of sp³-hybridized carbons (Fsp3) is 0.417. The van der Waals surface area contributed by atoms with Crippen LogP contribution in [0.3, 0.4) is 0 Å². The van der Waals surface area contributed by atoms with E-state index < -0.39 is 5.97 Å². The zero-order valence-corrected chi connectivity index (χ0v) is 10.1. The van der Waals surface area contributed by atoms with Gasteiger partial charge in [-0.25, -0.2) is 0 Å². The molecule has 0 bridgehead atoms. The van der Waals surface area contributed by atoms with Crippen molar-refractivity contribution in [1.29, 1.82) is 0 Å². The van der Waals surface area contributed by atoms with Crippen molar-refractivity contribution in [3.63, 3.8) is 0 Å². The van der Waals surface area contributed by atoms with E-state index in [-0.39, 0.29) is 24.4 Å². The van der Waals surface area contributed by atoms with E-state index in [1.807, 2.05) is 30.3 Å². The summed E-state index contributed by atoms with van der Waals surface area (Å²) in [6.45, 7) is 1.69. The zero-order chi connectivity index (χ0) is 11.3. The molecular weight excluding hydrogens is 226 g/mol. The van der Waals surface area contributed by atoms with Crippen molar-refractivity contribution in [3.8, 4) is 0 Å². The molecule has 3 N–H and O–H groups in total. The monoisotopic (exact) mass is 243 g/mol. The summed E-state index contributed by atoms with van der Waals surface area (Å²) in [4.78, 5) is 10.6. The fourth-order valence-electron chi connectivity index (χ4n) is 1.56. The van der Waals surface area contributed by atoms with Crippen LogP contribution in [-0.2, 0) is 11.2 Å². The third kappa shape index (κ3) is 5.14. The van der Waals surface area contributed by atoms with Gasteiger partial charge < -0.3 is 10.8 Å². The van der Waals surface area contributed by atoms with Gasteiger partial charge in [-0.2, -0.15) is 0 Å². The molecule has 3 nitrogen and oxygen atoms in total. The molecule has 1 rings (SSSR count). The van der Waals surface area contributed by atoms with Crippen LogP contribution in [0.1, 0.15) is 18.9 Å². The number of carboxylic acids is 1. The molecule has 2 atom stereocenters. The minimum absolute atomic E-state index is 0. The summed E-state index contributed by atoms with van der Waals surface area (Å²) in [6.07, 6.45) is 1.25. The number of halogens is 1. The van der Waals surface area contributed by atoms with Crippen molar-refractivity contribution >= 4 is 18.4 Å². The van der Waals surface area contributed by atoms with Crippen LogP contribution >= 0.6 is 12.4 Å². The highest BCUT2D eigenvalue weighted by Crippen LogP contribution is 2.09. The Balaban J connectivity index is 0.00000225. The number of nitrogens with two attached hydrogens (primary N) is 1. The molecule has 0 amide bonds. The normalized spacial score (nSPS) is 13.6. The van der Waals surface area contributed by atoms with Gasteiger partial charge in [-0.1, -0.05) is 37.3 Å². The third-order valence-corrected chi connectivity index (χ3v) is 2.42. The van der Waals surface area contributed by atoms with Crippen LogP contribution in [0.15, 0.2) is 30.3 Å². The second kappa shape index (κ2) is 7.25. The third-order valence-electron chi connectivity index (χ3n) is 2.42. The van der Waals surface area contributed by atoms with E-state index in [1.54, 1.807) is 6.92 Å². The van der Waals surface area contributed by atoms with Crippen LogP contribution in [0.2, 0.25) is 0 Å². The molecule has 0 aliphatic carbocycles. The van der Waals surface area contributed by atoms with Gasteiger partial charge in [-0.3, -0.25) is 4.79 Å². The zero-order valence-electron chi connectivity index (χ0n) is 9.30. The molecule has 0 spiro atoms. The fourth-order valence-corrected chi connectivity index (χ4v) is 1.56. The summed E-state index contributed by atoms with van der Waals surface area (Å²) in [5.41, 5.74) is 7.04. The maximum Gasteiger partial charge on any atom is 0.306 e. The first kappa shape index (κ1) is 14.9. The minimum atomic E-state index is -0.779. The molecule has 0 radical (unpaired) electrons. The molecule has 90 valence electrons. The van der Waals surface area contributed by atoms with Gasteiger partial charge in [0, 0.05) is 6.04 Å². The summed E-state index contributed by atoms with van der Waals surface area (Å²) >= 11 is 0. The molecule has 1 aromatic rings. The SMILES string of the molecule is C[C@@H](C[C@@H](N)Cc1ccccc1)C(=O)O.Cl. The predicted molar refractivity (Wildman–Crippen MR) is 66.8 cm³/mol. The van der Waals surface area contributed by atoms with Crippen molar-refractivity contribution in [3.05, 3.63) is 35.9 Å². The summed E-state index contributed by atoms with van der Waals surface area (Å²) in [5.74, 6) is -1.15. The second-order valence-electron chi connectivity index (χ2n) is 3.92. The van der Waals surface area contributed by atoms with Crippen LogP contribution in [0, 0.1) is 5.92 Å². The average molecular weight is 244 g/mol. The molecular formula is C12H18ClNO2. The van der Waals surface area contributed by atoms with Crippen LogP contribution in [-0.4, -0.2) is 17.1 Å². The highest BCUT2D eigenvalue weighted by atomic mass is 35.5. The lowest BCUT2D eigenvalue weighted by Gasteiger charge is -2.14. The Labute approximate surface area is 102 Å². The van der Waals surface area contributed by atoms with Gasteiger partial charge in [0.2, 0.25) is 0 Å². The predicted octanol–water partition coefficient (Wildman–Crippen LogP) is 2.09. The summed E-state index contributed by atoms with van der Waals surface area (Å²) in [6, 6.07) is 9.80. The molecule has 0 aromatic heterocycles. The topological polar surface area (TPSA) is 63.3 Å². The minimum Gasteiger partial charge on any atom is -0.481 e. The van der Waals surface area contributed by atoms with E-state index in [9.17, 15) is 4.79 Å². The van der Waals surface area contributed by atoms with E-state index in [4.69, 9.17) is 10.8 Å². The standard InChI is InChI=1S/C12H17NO2.ClH/c1-9(12(14)15)7-11(13)8-10-5-3-2-4-6-10;/h2-6,9,11H,7-8,13H2,1H3,(H,14,15);1H/t9-,11+;/m0./s1. The first-order valence-electron chi connectivity index (χ1n) is 5.12. The molecule has 0 unspecified atom stereocenters. The maximum atomic E-state index is 10.6. The average Bonchev–Trinajstić information content (AvgIpc) is 2.18. The first-order chi connectivity index (χ1) is 7.09. The molecule has 0 saturated heterocycles. The van der Waals surface area contributed by atoms with Gasteiger partial charge in [0.15, 0.2) is 0 Å². The van der Waals surface area contributed by atoms with E-state index in [2.05, 4.69) is 0 Å². The number of hydrogen-bond acceptors (Lipinski definition) is 2. The van der Waals surface area contributed by atoms with Crippen LogP contribution in [0.25, 0.3) is 0 Å². The van der Waals surface area contributed by atoms with Gasteiger partial charge >= 0.3 is 5.97 Å². The van der Waals surface area contributed by atoms with Crippen molar-refractivity contribution < 1.29 is 9.90 Å². The van der Waals surface area contributed by atoms with Crippen molar-refractivity contribution in [2.75, 3.05) is 0 Å². The highest BCUT2D eigenvalue weighted by Gasteiger charge is 2.15. The Hall–Kier alpha value is -1.06. The number of benzene rings is 1. The molecule has 0 fully saturated rings. The number of carbonyl (C=O) groups is 1. The molecule has 4 heteroatoms. The summed E-state index contributed by atoms with van der Waals surface area (Å²) < 4.78 is 0.